The number of carbonyl (C=O) groups excluding carboxylic acids is 2. The molecular formula is C24H29BrF3N7O2. The smallest absolute Gasteiger partial charge is 0.352 e. The molecule has 2 heterocycles. The summed E-state index contributed by atoms with van der Waals surface area (Å²) < 4.78 is 40.4. The van der Waals surface area contributed by atoms with Crippen molar-refractivity contribution in [2.75, 3.05) is 18.4 Å². The summed E-state index contributed by atoms with van der Waals surface area (Å²) in [7, 11) is 0. The first-order valence-corrected chi connectivity index (χ1v) is 12.7. The Bertz CT molecular complexity index is 1220. The lowest BCUT2D eigenvalue weighted by atomic mass is 10.1. The highest BCUT2D eigenvalue weighted by Gasteiger charge is 2.37. The fourth-order valence-corrected chi connectivity index (χ4v) is 4.32. The molecule has 0 aliphatic carbocycles. The van der Waals surface area contributed by atoms with Gasteiger partial charge in [-0.2, -0.15) is 18.3 Å². The van der Waals surface area contributed by atoms with Crippen molar-refractivity contribution in [2.45, 2.75) is 51.6 Å². The van der Waals surface area contributed by atoms with Crippen LogP contribution in [0, 0.1) is 0 Å². The van der Waals surface area contributed by atoms with Crippen LogP contribution in [-0.4, -0.2) is 45.1 Å². The van der Waals surface area contributed by atoms with Crippen LogP contribution in [0.25, 0.3) is 0 Å². The third-order valence-corrected chi connectivity index (χ3v) is 6.33. The summed E-state index contributed by atoms with van der Waals surface area (Å²) in [6, 6.07) is 4.75. The first-order valence-electron chi connectivity index (χ1n) is 11.9. The molecule has 0 bridgehead atoms. The van der Waals surface area contributed by atoms with Gasteiger partial charge >= 0.3 is 6.18 Å². The van der Waals surface area contributed by atoms with E-state index in [0.717, 1.165) is 25.7 Å². The van der Waals surface area contributed by atoms with Gasteiger partial charge in [0.25, 0.3) is 11.8 Å². The number of aryl methyl sites for hydroxylation is 1. The van der Waals surface area contributed by atoms with Crippen molar-refractivity contribution in [3.8, 4) is 0 Å². The van der Waals surface area contributed by atoms with Gasteiger partial charge in [-0.1, -0.05) is 19.8 Å². The molecule has 2 aromatic heterocycles. The molecule has 6 N–H and O–H groups in total. The van der Waals surface area contributed by atoms with Crippen LogP contribution in [-0.2, 0) is 19.0 Å². The number of imidazole rings is 1. The van der Waals surface area contributed by atoms with E-state index < -0.39 is 17.8 Å². The van der Waals surface area contributed by atoms with Crippen LogP contribution in [0.15, 0.2) is 28.9 Å². The highest BCUT2D eigenvalue weighted by molar-refractivity contribution is 9.10. The molecule has 13 heteroatoms. The Kier molecular flexibility index (Phi) is 9.86. The maximum atomic E-state index is 13.3. The number of nitrogens with two attached hydrogens (primary N) is 1. The minimum absolute atomic E-state index is 0.0129. The predicted molar refractivity (Wildman–Crippen MR) is 136 cm³/mol. The van der Waals surface area contributed by atoms with Gasteiger partial charge in [-0.3, -0.25) is 14.7 Å². The van der Waals surface area contributed by atoms with E-state index in [4.69, 9.17) is 5.73 Å². The maximum Gasteiger partial charge on any atom is 0.435 e. The third-order valence-electron chi connectivity index (χ3n) is 5.67. The van der Waals surface area contributed by atoms with Crippen molar-refractivity contribution in [2.24, 2.45) is 5.73 Å². The van der Waals surface area contributed by atoms with Crippen LogP contribution >= 0.6 is 15.9 Å². The highest BCUT2D eigenvalue weighted by atomic mass is 79.9. The molecule has 0 atom stereocenters. The summed E-state index contributed by atoms with van der Waals surface area (Å²) >= 11 is 3.36. The molecule has 0 aliphatic heterocycles. The number of aromatic amines is 2. The van der Waals surface area contributed by atoms with Crippen molar-refractivity contribution in [3.05, 3.63) is 62.9 Å². The first-order chi connectivity index (χ1) is 17.6. The number of anilines is 1. The maximum absolute atomic E-state index is 13.3. The number of alkyl halides is 3. The van der Waals surface area contributed by atoms with Crippen molar-refractivity contribution < 1.29 is 22.8 Å². The molecule has 2 amide bonds. The first kappa shape index (κ1) is 28.4. The Morgan fingerprint density at radius 2 is 1.89 bits per heavy atom. The number of H-pyrrole nitrogens is 2. The Morgan fingerprint density at radius 3 is 2.57 bits per heavy atom. The minimum atomic E-state index is -4.60. The average molecular weight is 584 g/mol. The molecule has 0 aliphatic rings. The number of nitrogens with one attached hydrogen (secondary N) is 4. The number of halogens is 4. The van der Waals surface area contributed by atoms with Gasteiger partial charge in [-0.05, 0) is 59.9 Å². The predicted octanol–water partition coefficient (Wildman–Crippen LogP) is 4.57. The topological polar surface area (TPSA) is 142 Å². The molecule has 0 saturated carbocycles. The van der Waals surface area contributed by atoms with Crippen LogP contribution in [0.2, 0.25) is 0 Å². The number of benzene rings is 1. The van der Waals surface area contributed by atoms with Crippen molar-refractivity contribution in [3.63, 3.8) is 0 Å². The van der Waals surface area contributed by atoms with Gasteiger partial charge in [0, 0.05) is 46.3 Å². The highest BCUT2D eigenvalue weighted by Crippen LogP contribution is 2.33. The molecule has 37 heavy (non-hydrogen) atoms. The molecule has 0 fully saturated rings. The molecule has 200 valence electrons. The number of hydrogen-bond acceptors (Lipinski definition) is 5. The van der Waals surface area contributed by atoms with E-state index in [9.17, 15) is 22.8 Å². The minimum Gasteiger partial charge on any atom is -0.352 e. The number of hydrogen-bond donors (Lipinski definition) is 5. The summed E-state index contributed by atoms with van der Waals surface area (Å²) in [6.45, 7) is 2.94. The summed E-state index contributed by atoms with van der Waals surface area (Å²) in [5.74, 6) is -0.868. The van der Waals surface area contributed by atoms with Crippen LogP contribution in [0.1, 0.15) is 76.2 Å². The second-order valence-electron chi connectivity index (χ2n) is 8.42. The second kappa shape index (κ2) is 12.9. The average Bonchev–Trinajstić information content (AvgIpc) is 3.48. The molecule has 3 rings (SSSR count). The molecule has 9 nitrogen and oxygen atoms in total. The van der Waals surface area contributed by atoms with Gasteiger partial charge in [0.05, 0.1) is 5.56 Å². The van der Waals surface area contributed by atoms with Gasteiger partial charge in [0.2, 0.25) is 0 Å². The normalized spacial score (nSPS) is 11.5. The molecule has 0 spiro atoms. The van der Waals surface area contributed by atoms with Crippen molar-refractivity contribution in [1.29, 1.82) is 0 Å². The zero-order chi connectivity index (χ0) is 27.0. The number of carbonyl (C=O) groups is 2. The lowest BCUT2D eigenvalue weighted by molar-refractivity contribution is -0.141. The quantitative estimate of drug-likeness (QED) is 0.199. The van der Waals surface area contributed by atoms with Crippen molar-refractivity contribution >= 4 is 33.4 Å². The third kappa shape index (κ3) is 7.65. The molecule has 3 aromatic rings. The molecule has 0 saturated heterocycles. The molecule has 0 unspecified atom stereocenters. The van der Waals surface area contributed by atoms with E-state index in [1.165, 1.54) is 6.20 Å². The standard InChI is InChI=1S/C24H29BrF3N7O2/c1-2-19-17(20(35-34-19)24(26,27)28)11-15-13-31-21(32-15)23(37)33-14-7-8-16(18(25)12-14)22(36)30-10-6-4-3-5-9-29/h7-8,12-13H,2-6,9-11,29H2,1H3,(H,30,36)(H,31,32)(H,33,37)(H,34,35). The van der Waals surface area contributed by atoms with Gasteiger partial charge in [0.15, 0.2) is 11.5 Å². The lowest BCUT2D eigenvalue weighted by Gasteiger charge is -2.09. The second-order valence-corrected chi connectivity index (χ2v) is 9.28. The molecule has 0 radical (unpaired) electrons. The van der Waals surface area contributed by atoms with E-state index in [0.29, 0.717) is 46.6 Å². The number of rotatable bonds is 12. The Hall–Kier alpha value is -3.19. The summed E-state index contributed by atoms with van der Waals surface area (Å²) in [4.78, 5) is 31.9. The fourth-order valence-electron chi connectivity index (χ4n) is 3.76. The van der Waals surface area contributed by atoms with Crippen molar-refractivity contribution in [1.82, 2.24) is 25.5 Å². The summed E-state index contributed by atoms with van der Waals surface area (Å²) in [6.07, 6.45) is 0.800. The number of unbranched alkanes of at least 4 members (excludes halogenated alkanes) is 3. The summed E-state index contributed by atoms with van der Waals surface area (Å²) in [5, 5.41) is 11.4. The number of aromatic nitrogens is 4. The Balaban J connectivity index is 1.60. The molecule has 1 aromatic carbocycles. The van der Waals surface area contributed by atoms with E-state index in [-0.39, 0.29) is 23.7 Å². The Morgan fingerprint density at radius 1 is 1.14 bits per heavy atom. The van der Waals surface area contributed by atoms with E-state index in [2.05, 4.69) is 46.7 Å². The Labute approximate surface area is 220 Å². The van der Waals surface area contributed by atoms with Gasteiger partial charge in [-0.15, -0.1) is 0 Å². The zero-order valence-corrected chi connectivity index (χ0v) is 21.9. The van der Waals surface area contributed by atoms with Gasteiger partial charge < -0.3 is 21.4 Å². The van der Waals surface area contributed by atoms with Crippen LogP contribution in [0.3, 0.4) is 0 Å². The van der Waals surface area contributed by atoms with E-state index >= 15 is 0 Å². The van der Waals surface area contributed by atoms with E-state index in [1.54, 1.807) is 25.1 Å². The monoisotopic (exact) mass is 583 g/mol. The number of nitrogens with zero attached hydrogens (tertiary/aromatic N) is 2. The largest absolute Gasteiger partial charge is 0.435 e. The number of amides is 2. The SMILES string of the molecule is CCc1[nH]nc(C(F)(F)F)c1Cc1cnc(C(=O)Nc2ccc(C(=O)NCCCCCCN)c(Br)c2)[nH]1. The lowest BCUT2D eigenvalue weighted by Crippen LogP contribution is -2.25. The van der Waals surface area contributed by atoms with Crippen LogP contribution < -0.4 is 16.4 Å². The van der Waals surface area contributed by atoms with Gasteiger partial charge in [0.1, 0.15) is 0 Å². The molecular weight excluding hydrogens is 555 g/mol. The van der Waals surface area contributed by atoms with Crippen LogP contribution in [0.4, 0.5) is 18.9 Å². The van der Waals surface area contributed by atoms with E-state index in [1.807, 2.05) is 0 Å². The zero-order valence-electron chi connectivity index (χ0n) is 20.3. The van der Waals surface area contributed by atoms with Crippen LogP contribution in [0.5, 0.6) is 0 Å². The van der Waals surface area contributed by atoms with Gasteiger partial charge in [-0.25, -0.2) is 4.98 Å². The fraction of sp³-hybridized carbons (Fsp3) is 0.417. The summed E-state index contributed by atoms with van der Waals surface area (Å²) in [5.41, 5.74) is 6.04.